The highest BCUT2D eigenvalue weighted by Crippen LogP contribution is 2.15. The van der Waals surface area contributed by atoms with Crippen molar-refractivity contribution in [1.29, 1.82) is 0 Å². The Morgan fingerprint density at radius 1 is 1.32 bits per heavy atom. The van der Waals surface area contributed by atoms with Crippen molar-refractivity contribution in [3.8, 4) is 0 Å². The summed E-state index contributed by atoms with van der Waals surface area (Å²) in [6, 6.07) is 5.07. The monoisotopic (exact) mass is 287 g/mol. The molecule has 3 N–H and O–H groups in total. The van der Waals surface area contributed by atoms with Crippen LogP contribution in [0.3, 0.4) is 0 Å². The van der Waals surface area contributed by atoms with E-state index in [1.165, 1.54) is 24.3 Å². The largest absolute Gasteiger partial charge is 0.329 e. The van der Waals surface area contributed by atoms with Gasteiger partial charge in [-0.3, -0.25) is 14.9 Å². The molecule has 1 aromatic rings. The van der Waals surface area contributed by atoms with E-state index >= 15 is 0 Å². The second-order valence-corrected chi connectivity index (χ2v) is 5.92. The lowest BCUT2D eigenvalue weighted by Gasteiger charge is -2.05. The Morgan fingerprint density at radius 2 is 1.89 bits per heavy atom. The number of amides is 1. The number of nitro benzene ring substituents is 1. The molecule has 0 aliphatic rings. The standard InChI is InChI=1S/C10H13N3O5S/c11-5-6-19(17,18)7-10(14)12-8-1-3-9(4-2-8)13(15)16/h1-4H,5-7,11H2,(H,12,14). The average molecular weight is 287 g/mol. The maximum absolute atomic E-state index is 11.5. The van der Waals surface area contributed by atoms with Gasteiger partial charge in [0.2, 0.25) is 5.91 Å². The van der Waals surface area contributed by atoms with Crippen molar-refractivity contribution in [3.05, 3.63) is 34.4 Å². The van der Waals surface area contributed by atoms with Gasteiger partial charge in [-0.2, -0.15) is 0 Å². The number of sulfone groups is 1. The Labute approximate surface area is 109 Å². The van der Waals surface area contributed by atoms with Crippen LogP contribution in [0.2, 0.25) is 0 Å². The average Bonchev–Trinajstić information content (AvgIpc) is 2.28. The first kappa shape index (κ1) is 15.1. The number of rotatable bonds is 6. The minimum absolute atomic E-state index is 0.0485. The molecule has 9 heteroatoms. The third-order valence-corrected chi connectivity index (χ3v) is 3.70. The van der Waals surface area contributed by atoms with Crippen molar-refractivity contribution in [2.75, 3.05) is 23.4 Å². The van der Waals surface area contributed by atoms with E-state index in [4.69, 9.17) is 5.73 Å². The summed E-state index contributed by atoms with van der Waals surface area (Å²) in [5.74, 6) is -1.63. The van der Waals surface area contributed by atoms with Gasteiger partial charge in [0.05, 0.1) is 10.7 Å². The van der Waals surface area contributed by atoms with E-state index in [0.717, 1.165) is 0 Å². The summed E-state index contributed by atoms with van der Waals surface area (Å²) < 4.78 is 22.7. The summed E-state index contributed by atoms with van der Waals surface area (Å²) in [5.41, 5.74) is 5.29. The van der Waals surface area contributed by atoms with E-state index in [0.29, 0.717) is 5.69 Å². The summed E-state index contributed by atoms with van der Waals surface area (Å²) in [6.45, 7) is -0.0485. The second-order valence-electron chi connectivity index (χ2n) is 3.73. The number of nitro groups is 1. The van der Waals surface area contributed by atoms with E-state index in [-0.39, 0.29) is 18.0 Å². The summed E-state index contributed by atoms with van der Waals surface area (Å²) in [7, 11) is -3.52. The van der Waals surface area contributed by atoms with Gasteiger partial charge in [0.1, 0.15) is 5.75 Å². The van der Waals surface area contributed by atoms with Gasteiger partial charge in [0.25, 0.3) is 5.69 Å². The van der Waals surface area contributed by atoms with Crippen LogP contribution in [-0.2, 0) is 14.6 Å². The van der Waals surface area contributed by atoms with Crippen LogP contribution in [0.1, 0.15) is 0 Å². The zero-order valence-electron chi connectivity index (χ0n) is 9.90. The number of hydrogen-bond acceptors (Lipinski definition) is 6. The smallest absolute Gasteiger partial charge is 0.269 e. The zero-order chi connectivity index (χ0) is 14.5. The van der Waals surface area contributed by atoms with E-state index in [9.17, 15) is 23.3 Å². The molecule has 0 fully saturated rings. The lowest BCUT2D eigenvalue weighted by molar-refractivity contribution is -0.384. The van der Waals surface area contributed by atoms with Crippen LogP contribution in [0.15, 0.2) is 24.3 Å². The molecular weight excluding hydrogens is 274 g/mol. The third kappa shape index (κ3) is 5.02. The first-order chi connectivity index (χ1) is 8.84. The predicted octanol–water partition coefficient (Wildman–Crippen LogP) is -0.0932. The molecule has 0 aliphatic carbocycles. The van der Waals surface area contributed by atoms with Gasteiger partial charge in [0.15, 0.2) is 9.84 Å². The Kier molecular flexibility index (Phi) is 4.95. The number of nitrogens with zero attached hydrogens (tertiary/aromatic N) is 1. The van der Waals surface area contributed by atoms with Crippen LogP contribution in [0, 0.1) is 10.1 Å². The molecule has 8 nitrogen and oxygen atoms in total. The van der Waals surface area contributed by atoms with E-state index in [2.05, 4.69) is 5.32 Å². The Morgan fingerprint density at radius 3 is 2.37 bits per heavy atom. The molecule has 104 valence electrons. The van der Waals surface area contributed by atoms with Crippen molar-refractivity contribution in [1.82, 2.24) is 0 Å². The van der Waals surface area contributed by atoms with Crippen LogP contribution in [0.25, 0.3) is 0 Å². The molecule has 0 saturated carbocycles. The maximum Gasteiger partial charge on any atom is 0.269 e. The molecule has 0 atom stereocenters. The molecule has 1 aromatic carbocycles. The van der Waals surface area contributed by atoms with Crippen molar-refractivity contribution in [2.45, 2.75) is 0 Å². The minimum atomic E-state index is -3.52. The van der Waals surface area contributed by atoms with Crippen LogP contribution in [0.4, 0.5) is 11.4 Å². The maximum atomic E-state index is 11.5. The third-order valence-electron chi connectivity index (χ3n) is 2.14. The second kappa shape index (κ2) is 6.25. The highest BCUT2D eigenvalue weighted by Gasteiger charge is 2.16. The van der Waals surface area contributed by atoms with Gasteiger partial charge in [-0.1, -0.05) is 0 Å². The van der Waals surface area contributed by atoms with Gasteiger partial charge < -0.3 is 11.1 Å². The van der Waals surface area contributed by atoms with Crippen LogP contribution in [0.5, 0.6) is 0 Å². The molecule has 0 heterocycles. The van der Waals surface area contributed by atoms with Gasteiger partial charge in [-0.15, -0.1) is 0 Å². The normalized spacial score (nSPS) is 11.0. The summed E-state index contributed by atoms with van der Waals surface area (Å²) in [4.78, 5) is 21.3. The van der Waals surface area contributed by atoms with E-state index < -0.39 is 26.4 Å². The molecule has 0 bridgehead atoms. The lowest BCUT2D eigenvalue weighted by Crippen LogP contribution is -2.27. The molecule has 0 aliphatic heterocycles. The molecule has 0 radical (unpaired) electrons. The highest BCUT2D eigenvalue weighted by atomic mass is 32.2. The predicted molar refractivity (Wildman–Crippen MR) is 69.4 cm³/mol. The first-order valence-corrected chi connectivity index (χ1v) is 7.11. The van der Waals surface area contributed by atoms with Crippen molar-refractivity contribution >= 4 is 27.1 Å². The van der Waals surface area contributed by atoms with Crippen LogP contribution >= 0.6 is 0 Å². The SMILES string of the molecule is NCCS(=O)(=O)CC(=O)Nc1ccc([N+](=O)[O-])cc1. The quantitative estimate of drug-likeness (QED) is 0.555. The van der Waals surface area contributed by atoms with E-state index in [1.54, 1.807) is 0 Å². The van der Waals surface area contributed by atoms with Gasteiger partial charge in [-0.05, 0) is 12.1 Å². The summed E-state index contributed by atoms with van der Waals surface area (Å²) in [6.07, 6.45) is 0. The molecular formula is C10H13N3O5S. The topological polar surface area (TPSA) is 132 Å². The summed E-state index contributed by atoms with van der Waals surface area (Å²) >= 11 is 0. The molecule has 1 amide bonds. The fourth-order valence-corrected chi connectivity index (χ4v) is 2.29. The Bertz CT molecular complexity index is 567. The molecule has 1 rings (SSSR count). The van der Waals surface area contributed by atoms with Gasteiger partial charge in [-0.25, -0.2) is 8.42 Å². The molecule has 0 saturated heterocycles. The Balaban J connectivity index is 2.65. The lowest BCUT2D eigenvalue weighted by atomic mass is 10.3. The number of benzene rings is 1. The molecule has 0 spiro atoms. The van der Waals surface area contributed by atoms with Crippen molar-refractivity contribution in [2.24, 2.45) is 5.73 Å². The number of hydrogen-bond donors (Lipinski definition) is 2. The Hall–Kier alpha value is -2.00. The van der Waals surface area contributed by atoms with Crippen LogP contribution in [-0.4, -0.2) is 37.3 Å². The summed E-state index contributed by atoms with van der Waals surface area (Å²) in [5, 5.41) is 12.8. The highest BCUT2D eigenvalue weighted by molar-refractivity contribution is 7.92. The molecule has 0 unspecified atom stereocenters. The number of carbonyl (C=O) groups is 1. The number of non-ortho nitro benzene ring substituents is 1. The zero-order valence-corrected chi connectivity index (χ0v) is 10.7. The number of nitrogens with one attached hydrogen (secondary N) is 1. The number of nitrogens with two attached hydrogens (primary N) is 1. The number of carbonyl (C=O) groups excluding carboxylic acids is 1. The minimum Gasteiger partial charge on any atom is -0.329 e. The first-order valence-electron chi connectivity index (χ1n) is 5.29. The van der Waals surface area contributed by atoms with Gasteiger partial charge in [0, 0.05) is 24.4 Å². The molecule has 19 heavy (non-hydrogen) atoms. The van der Waals surface area contributed by atoms with Gasteiger partial charge >= 0.3 is 0 Å². The molecule has 0 aromatic heterocycles. The fraction of sp³-hybridized carbons (Fsp3) is 0.300. The van der Waals surface area contributed by atoms with E-state index in [1.807, 2.05) is 0 Å². The van der Waals surface area contributed by atoms with Crippen molar-refractivity contribution in [3.63, 3.8) is 0 Å². The number of anilines is 1. The fourth-order valence-electron chi connectivity index (χ4n) is 1.32. The van der Waals surface area contributed by atoms with Crippen LogP contribution < -0.4 is 11.1 Å². The van der Waals surface area contributed by atoms with Crippen molar-refractivity contribution < 1.29 is 18.1 Å².